The SMILES string of the molecule is COc1cccc(OC)c1-c1nn2c(-c3n[nH]c4c3CCC4)nnc2s1. The van der Waals surface area contributed by atoms with Gasteiger partial charge in [0, 0.05) is 11.3 Å². The van der Waals surface area contributed by atoms with Crippen LogP contribution in [-0.2, 0) is 12.8 Å². The number of aromatic nitrogens is 6. The molecule has 4 aromatic rings. The summed E-state index contributed by atoms with van der Waals surface area (Å²) < 4.78 is 12.8. The Bertz CT molecular complexity index is 1090. The summed E-state index contributed by atoms with van der Waals surface area (Å²) in [4.78, 5) is 0.706. The fraction of sp³-hybridized carbons (Fsp3) is 0.294. The van der Waals surface area contributed by atoms with E-state index in [9.17, 15) is 0 Å². The first-order valence-electron chi connectivity index (χ1n) is 8.30. The minimum absolute atomic E-state index is 0.663. The summed E-state index contributed by atoms with van der Waals surface area (Å²) in [7, 11) is 3.27. The van der Waals surface area contributed by atoms with Gasteiger partial charge in [-0.25, -0.2) is 0 Å². The number of ether oxygens (including phenoxy) is 2. The van der Waals surface area contributed by atoms with Gasteiger partial charge in [-0.2, -0.15) is 14.7 Å². The molecule has 132 valence electrons. The summed E-state index contributed by atoms with van der Waals surface area (Å²) in [5, 5.41) is 21.7. The molecule has 3 heterocycles. The van der Waals surface area contributed by atoms with Gasteiger partial charge in [-0.1, -0.05) is 17.4 Å². The summed E-state index contributed by atoms with van der Waals surface area (Å²) in [6, 6.07) is 5.67. The van der Waals surface area contributed by atoms with Crippen LogP contribution in [0.4, 0.5) is 0 Å². The van der Waals surface area contributed by atoms with Gasteiger partial charge in [0.1, 0.15) is 17.2 Å². The van der Waals surface area contributed by atoms with Crippen LogP contribution in [0.2, 0.25) is 0 Å². The maximum Gasteiger partial charge on any atom is 0.235 e. The molecule has 8 nitrogen and oxygen atoms in total. The Kier molecular flexibility index (Phi) is 3.42. The van der Waals surface area contributed by atoms with Gasteiger partial charge in [-0.05, 0) is 31.4 Å². The molecule has 26 heavy (non-hydrogen) atoms. The summed E-state index contributed by atoms with van der Waals surface area (Å²) in [5.74, 6) is 2.07. The molecular formula is C17H16N6O2S. The number of rotatable bonds is 4. The molecule has 1 aromatic carbocycles. The Morgan fingerprint density at radius 1 is 1.12 bits per heavy atom. The van der Waals surface area contributed by atoms with E-state index in [1.165, 1.54) is 22.6 Å². The molecule has 0 saturated carbocycles. The highest BCUT2D eigenvalue weighted by Gasteiger charge is 2.25. The fourth-order valence-electron chi connectivity index (χ4n) is 3.43. The first-order valence-corrected chi connectivity index (χ1v) is 9.12. The van der Waals surface area contributed by atoms with Gasteiger partial charge in [-0.3, -0.25) is 5.10 Å². The van der Waals surface area contributed by atoms with E-state index < -0.39 is 0 Å². The van der Waals surface area contributed by atoms with Crippen LogP contribution in [0, 0.1) is 0 Å². The van der Waals surface area contributed by atoms with Crippen molar-refractivity contribution >= 4 is 16.3 Å². The van der Waals surface area contributed by atoms with Crippen molar-refractivity contribution in [3.63, 3.8) is 0 Å². The molecule has 1 N–H and O–H groups in total. The molecule has 1 aliphatic carbocycles. The number of H-pyrrole nitrogens is 1. The van der Waals surface area contributed by atoms with E-state index in [-0.39, 0.29) is 0 Å². The maximum absolute atomic E-state index is 5.50. The number of aryl methyl sites for hydroxylation is 1. The van der Waals surface area contributed by atoms with E-state index in [4.69, 9.17) is 14.6 Å². The van der Waals surface area contributed by atoms with E-state index in [1.54, 1.807) is 18.7 Å². The smallest absolute Gasteiger partial charge is 0.235 e. The molecule has 0 spiro atoms. The summed E-state index contributed by atoms with van der Waals surface area (Å²) >= 11 is 1.44. The van der Waals surface area contributed by atoms with Crippen molar-refractivity contribution < 1.29 is 9.47 Å². The lowest BCUT2D eigenvalue weighted by Crippen LogP contribution is -1.96. The number of nitrogens with one attached hydrogen (secondary N) is 1. The molecule has 1 aliphatic rings. The molecular weight excluding hydrogens is 352 g/mol. The first kappa shape index (κ1) is 15.3. The lowest BCUT2D eigenvalue weighted by molar-refractivity contribution is 0.397. The van der Waals surface area contributed by atoms with Crippen molar-refractivity contribution in [2.75, 3.05) is 14.2 Å². The third-order valence-corrected chi connectivity index (χ3v) is 5.57. The molecule has 9 heteroatoms. The van der Waals surface area contributed by atoms with Crippen molar-refractivity contribution in [3.05, 3.63) is 29.5 Å². The van der Waals surface area contributed by atoms with Crippen molar-refractivity contribution in [2.24, 2.45) is 0 Å². The summed E-state index contributed by atoms with van der Waals surface area (Å²) in [6.45, 7) is 0. The monoisotopic (exact) mass is 368 g/mol. The van der Waals surface area contributed by atoms with Gasteiger partial charge in [0.15, 0.2) is 5.01 Å². The van der Waals surface area contributed by atoms with Crippen LogP contribution in [0.25, 0.3) is 27.1 Å². The van der Waals surface area contributed by atoms with Crippen LogP contribution < -0.4 is 9.47 Å². The normalized spacial score (nSPS) is 13.3. The average Bonchev–Trinajstić information content (AvgIpc) is 3.41. The molecule has 0 atom stereocenters. The van der Waals surface area contributed by atoms with Crippen LogP contribution in [0.3, 0.4) is 0 Å². The molecule has 0 unspecified atom stereocenters. The second kappa shape index (κ2) is 5.80. The Morgan fingerprint density at radius 3 is 2.69 bits per heavy atom. The van der Waals surface area contributed by atoms with Crippen LogP contribution in [0.15, 0.2) is 18.2 Å². The second-order valence-electron chi connectivity index (χ2n) is 6.05. The predicted octanol–water partition coefficient (Wildman–Crippen LogP) is 2.75. The lowest BCUT2D eigenvalue weighted by atomic mass is 10.2. The number of methoxy groups -OCH3 is 2. The number of benzene rings is 1. The number of nitrogens with zero attached hydrogens (tertiary/aromatic N) is 5. The highest BCUT2D eigenvalue weighted by atomic mass is 32.1. The Morgan fingerprint density at radius 2 is 1.92 bits per heavy atom. The number of aromatic amines is 1. The molecule has 0 radical (unpaired) electrons. The quantitative estimate of drug-likeness (QED) is 0.596. The minimum Gasteiger partial charge on any atom is -0.496 e. The molecule has 3 aromatic heterocycles. The molecule has 5 rings (SSSR count). The Hall–Kier alpha value is -2.94. The zero-order valence-corrected chi connectivity index (χ0v) is 15.1. The first-order chi connectivity index (χ1) is 12.8. The van der Waals surface area contributed by atoms with Crippen LogP contribution in [0.5, 0.6) is 11.5 Å². The molecule has 0 bridgehead atoms. The number of fused-ring (bicyclic) bond motifs is 2. The Labute approximate surface area is 152 Å². The van der Waals surface area contributed by atoms with Gasteiger partial charge in [0.2, 0.25) is 10.8 Å². The highest BCUT2D eigenvalue weighted by Crippen LogP contribution is 2.40. The third kappa shape index (κ3) is 2.13. The van der Waals surface area contributed by atoms with Gasteiger partial charge >= 0.3 is 0 Å². The van der Waals surface area contributed by atoms with Crippen molar-refractivity contribution in [1.82, 2.24) is 30.0 Å². The number of hydrogen-bond donors (Lipinski definition) is 1. The van der Waals surface area contributed by atoms with E-state index in [2.05, 4.69) is 20.4 Å². The van der Waals surface area contributed by atoms with Gasteiger partial charge in [0.25, 0.3) is 0 Å². The zero-order chi connectivity index (χ0) is 17.7. The van der Waals surface area contributed by atoms with Gasteiger partial charge in [-0.15, -0.1) is 10.2 Å². The van der Waals surface area contributed by atoms with E-state index >= 15 is 0 Å². The Balaban J connectivity index is 1.68. The second-order valence-corrected chi connectivity index (χ2v) is 7.00. The molecule has 0 amide bonds. The van der Waals surface area contributed by atoms with E-state index in [1.807, 2.05) is 18.2 Å². The van der Waals surface area contributed by atoms with Crippen LogP contribution >= 0.6 is 11.3 Å². The summed E-state index contributed by atoms with van der Waals surface area (Å²) in [5.41, 5.74) is 4.07. The summed E-state index contributed by atoms with van der Waals surface area (Å²) in [6.07, 6.45) is 3.18. The van der Waals surface area contributed by atoms with Gasteiger partial charge < -0.3 is 9.47 Å². The topological polar surface area (TPSA) is 90.2 Å². The van der Waals surface area contributed by atoms with Crippen LogP contribution in [0.1, 0.15) is 17.7 Å². The largest absolute Gasteiger partial charge is 0.496 e. The van der Waals surface area contributed by atoms with E-state index in [0.29, 0.717) is 22.3 Å². The highest BCUT2D eigenvalue weighted by molar-refractivity contribution is 7.19. The predicted molar refractivity (Wildman–Crippen MR) is 96.8 cm³/mol. The minimum atomic E-state index is 0.663. The third-order valence-electron chi connectivity index (χ3n) is 4.65. The average molecular weight is 368 g/mol. The molecule has 0 saturated heterocycles. The van der Waals surface area contributed by atoms with Crippen molar-refractivity contribution in [1.29, 1.82) is 0 Å². The fourth-order valence-corrected chi connectivity index (χ4v) is 4.33. The zero-order valence-electron chi connectivity index (χ0n) is 14.3. The lowest BCUT2D eigenvalue weighted by Gasteiger charge is -2.10. The van der Waals surface area contributed by atoms with Crippen molar-refractivity contribution in [3.8, 4) is 33.6 Å². The number of hydrogen-bond acceptors (Lipinski definition) is 7. The maximum atomic E-state index is 5.50. The molecule has 0 aliphatic heterocycles. The molecule has 0 fully saturated rings. The standard InChI is InChI=1S/C17H16N6O2S/c1-24-11-7-4-8-12(25-2)13(11)16-22-23-15(20-21-17(23)26-16)14-9-5-3-6-10(9)18-19-14/h4,7-8H,3,5-6H2,1-2H3,(H,18,19). The van der Waals surface area contributed by atoms with Crippen LogP contribution in [-0.4, -0.2) is 44.2 Å². The van der Waals surface area contributed by atoms with Gasteiger partial charge in [0.05, 0.1) is 19.8 Å². The van der Waals surface area contributed by atoms with Crippen molar-refractivity contribution in [2.45, 2.75) is 19.3 Å². The van der Waals surface area contributed by atoms with E-state index in [0.717, 1.165) is 35.5 Å².